The average molecular weight is 434 g/mol. The Morgan fingerprint density at radius 3 is 2.67 bits per heavy atom. The molecule has 0 aliphatic rings. The number of nitrogens with one attached hydrogen (secondary N) is 2. The molecule has 5 aromatic rings. The number of H-pyrrole nitrogens is 1. The second kappa shape index (κ2) is 8.91. The number of aromatic amines is 1. The van der Waals surface area contributed by atoms with E-state index in [0.717, 1.165) is 57.5 Å². The van der Waals surface area contributed by atoms with Crippen LogP contribution in [0.3, 0.4) is 0 Å². The minimum Gasteiger partial charge on any atom is -0.353 e. The highest BCUT2D eigenvalue weighted by Gasteiger charge is 2.15. The number of carbonyl (C=O) groups excluding carboxylic acids is 1. The Bertz CT molecular complexity index is 1460. The van der Waals surface area contributed by atoms with E-state index < -0.39 is 0 Å². The molecule has 0 aliphatic carbocycles. The zero-order valence-corrected chi connectivity index (χ0v) is 19.0. The van der Waals surface area contributed by atoms with Gasteiger partial charge in [0.25, 0.3) is 0 Å². The van der Waals surface area contributed by atoms with E-state index in [2.05, 4.69) is 52.8 Å². The SMILES string of the molecule is Cc1ccc(C)c(NC(=O)CCCc2c(-c3ccc4ccccc4n3)[nH]c3ccccc23)c1. The predicted octanol–water partition coefficient (Wildman–Crippen LogP) is 6.96. The maximum absolute atomic E-state index is 12.6. The largest absolute Gasteiger partial charge is 0.353 e. The van der Waals surface area contributed by atoms with Crippen molar-refractivity contribution in [2.24, 2.45) is 0 Å². The molecule has 0 aliphatic heterocycles. The van der Waals surface area contributed by atoms with Crippen LogP contribution in [0.25, 0.3) is 33.2 Å². The van der Waals surface area contributed by atoms with Gasteiger partial charge in [0.05, 0.1) is 16.9 Å². The highest BCUT2D eigenvalue weighted by atomic mass is 16.1. The van der Waals surface area contributed by atoms with Gasteiger partial charge in [0.15, 0.2) is 0 Å². The van der Waals surface area contributed by atoms with Gasteiger partial charge >= 0.3 is 0 Å². The summed E-state index contributed by atoms with van der Waals surface area (Å²) in [6.45, 7) is 4.05. The quantitative estimate of drug-likeness (QED) is 0.304. The monoisotopic (exact) mass is 433 g/mol. The maximum atomic E-state index is 12.6. The molecule has 4 heteroatoms. The molecule has 0 radical (unpaired) electrons. The molecule has 0 saturated heterocycles. The van der Waals surface area contributed by atoms with Gasteiger partial charge in [-0.2, -0.15) is 0 Å². The van der Waals surface area contributed by atoms with Crippen LogP contribution in [0.15, 0.2) is 78.9 Å². The molecule has 2 N–H and O–H groups in total. The molecule has 1 amide bonds. The van der Waals surface area contributed by atoms with Crippen LogP contribution >= 0.6 is 0 Å². The van der Waals surface area contributed by atoms with Gasteiger partial charge in [0.2, 0.25) is 5.91 Å². The number of nitrogens with zero attached hydrogens (tertiary/aromatic N) is 1. The molecular weight excluding hydrogens is 406 g/mol. The normalized spacial score (nSPS) is 11.2. The van der Waals surface area contributed by atoms with Crippen LogP contribution in [-0.2, 0) is 11.2 Å². The zero-order valence-electron chi connectivity index (χ0n) is 19.0. The van der Waals surface area contributed by atoms with E-state index >= 15 is 0 Å². The van der Waals surface area contributed by atoms with Crippen molar-refractivity contribution in [3.05, 3.63) is 95.6 Å². The van der Waals surface area contributed by atoms with E-state index in [0.29, 0.717) is 6.42 Å². The molecule has 0 bridgehead atoms. The van der Waals surface area contributed by atoms with Gasteiger partial charge in [-0.15, -0.1) is 0 Å². The van der Waals surface area contributed by atoms with Crippen molar-refractivity contribution in [3.63, 3.8) is 0 Å². The lowest BCUT2D eigenvalue weighted by atomic mass is 10.0. The fraction of sp³-hybridized carbons (Fsp3) is 0.172. The van der Waals surface area contributed by atoms with Crippen LogP contribution in [0.5, 0.6) is 0 Å². The van der Waals surface area contributed by atoms with E-state index in [-0.39, 0.29) is 5.91 Å². The van der Waals surface area contributed by atoms with Gasteiger partial charge in [-0.1, -0.05) is 54.6 Å². The highest BCUT2D eigenvalue weighted by Crippen LogP contribution is 2.31. The smallest absolute Gasteiger partial charge is 0.224 e. The molecule has 3 aromatic carbocycles. The molecule has 2 aromatic heterocycles. The zero-order chi connectivity index (χ0) is 22.8. The number of anilines is 1. The van der Waals surface area contributed by atoms with Gasteiger partial charge < -0.3 is 10.3 Å². The van der Waals surface area contributed by atoms with E-state index in [1.807, 2.05) is 50.2 Å². The standard InChI is InChI=1S/C29H27N3O/c1-19-14-15-20(2)27(18-19)31-28(33)13-7-10-23-22-9-4-6-12-25(22)32-29(23)26-17-16-21-8-3-5-11-24(21)30-26/h3-6,8-9,11-12,14-18,32H,7,10,13H2,1-2H3,(H,31,33). The molecule has 0 saturated carbocycles. The Balaban J connectivity index is 1.38. The summed E-state index contributed by atoms with van der Waals surface area (Å²) >= 11 is 0. The first-order valence-corrected chi connectivity index (χ1v) is 11.4. The summed E-state index contributed by atoms with van der Waals surface area (Å²) in [6, 6.07) is 26.8. The Labute approximate surface area is 193 Å². The summed E-state index contributed by atoms with van der Waals surface area (Å²) in [6.07, 6.45) is 2.03. The Morgan fingerprint density at radius 2 is 1.76 bits per heavy atom. The van der Waals surface area contributed by atoms with E-state index in [4.69, 9.17) is 4.98 Å². The first-order valence-electron chi connectivity index (χ1n) is 11.4. The number of fused-ring (bicyclic) bond motifs is 2. The van der Waals surface area contributed by atoms with E-state index in [1.54, 1.807) is 0 Å². The average Bonchev–Trinajstić information content (AvgIpc) is 3.20. The number of benzene rings is 3. The summed E-state index contributed by atoms with van der Waals surface area (Å²) in [7, 11) is 0. The molecular formula is C29H27N3O. The van der Waals surface area contributed by atoms with Crippen LogP contribution in [0.4, 0.5) is 5.69 Å². The lowest BCUT2D eigenvalue weighted by Gasteiger charge is -2.10. The molecule has 0 spiro atoms. The summed E-state index contributed by atoms with van der Waals surface area (Å²) < 4.78 is 0. The van der Waals surface area contributed by atoms with Gasteiger partial charge in [-0.3, -0.25) is 4.79 Å². The van der Waals surface area contributed by atoms with Gasteiger partial charge in [-0.25, -0.2) is 4.98 Å². The van der Waals surface area contributed by atoms with Crippen LogP contribution in [0.2, 0.25) is 0 Å². The number of hydrogen-bond donors (Lipinski definition) is 2. The predicted molar refractivity (Wildman–Crippen MR) is 137 cm³/mol. The summed E-state index contributed by atoms with van der Waals surface area (Å²) in [4.78, 5) is 21.1. The Kier molecular flexibility index (Phi) is 5.66. The first-order chi connectivity index (χ1) is 16.1. The van der Waals surface area contributed by atoms with Gasteiger partial charge in [0, 0.05) is 28.4 Å². The third-order valence-electron chi connectivity index (χ3n) is 6.17. The van der Waals surface area contributed by atoms with Crippen molar-refractivity contribution in [1.82, 2.24) is 9.97 Å². The minimum absolute atomic E-state index is 0.0499. The number of rotatable bonds is 6. The molecule has 4 nitrogen and oxygen atoms in total. The molecule has 0 unspecified atom stereocenters. The Hall–Kier alpha value is -3.92. The maximum Gasteiger partial charge on any atom is 0.224 e. The molecule has 0 fully saturated rings. The van der Waals surface area contributed by atoms with Gasteiger partial charge in [0.1, 0.15) is 0 Å². The van der Waals surface area contributed by atoms with Crippen molar-refractivity contribution in [2.75, 3.05) is 5.32 Å². The number of hydrogen-bond acceptors (Lipinski definition) is 2. The summed E-state index contributed by atoms with van der Waals surface area (Å²) in [5.74, 6) is 0.0499. The number of pyridine rings is 1. The van der Waals surface area contributed by atoms with Crippen molar-refractivity contribution in [2.45, 2.75) is 33.1 Å². The molecule has 33 heavy (non-hydrogen) atoms. The number of aryl methyl sites for hydroxylation is 3. The number of aromatic nitrogens is 2. The fourth-order valence-electron chi connectivity index (χ4n) is 4.39. The van der Waals surface area contributed by atoms with Crippen LogP contribution in [-0.4, -0.2) is 15.9 Å². The third kappa shape index (κ3) is 4.37. The molecule has 164 valence electrons. The fourth-order valence-corrected chi connectivity index (χ4v) is 4.39. The van der Waals surface area contributed by atoms with Crippen molar-refractivity contribution in [3.8, 4) is 11.4 Å². The van der Waals surface area contributed by atoms with Gasteiger partial charge in [-0.05, 0) is 67.6 Å². The number of carbonyl (C=O) groups is 1. The number of amides is 1. The number of para-hydroxylation sites is 2. The van der Waals surface area contributed by atoms with E-state index in [9.17, 15) is 4.79 Å². The molecule has 0 atom stereocenters. The van der Waals surface area contributed by atoms with Crippen molar-refractivity contribution in [1.29, 1.82) is 0 Å². The Morgan fingerprint density at radius 1 is 0.939 bits per heavy atom. The second-order valence-electron chi connectivity index (χ2n) is 8.63. The third-order valence-corrected chi connectivity index (χ3v) is 6.17. The van der Waals surface area contributed by atoms with Crippen molar-refractivity contribution < 1.29 is 4.79 Å². The molecule has 2 heterocycles. The highest BCUT2D eigenvalue weighted by molar-refractivity contribution is 5.93. The molecule has 5 rings (SSSR count). The topological polar surface area (TPSA) is 57.8 Å². The lowest BCUT2D eigenvalue weighted by molar-refractivity contribution is -0.116. The van der Waals surface area contributed by atoms with Crippen LogP contribution in [0.1, 0.15) is 29.5 Å². The van der Waals surface area contributed by atoms with E-state index in [1.165, 1.54) is 10.9 Å². The minimum atomic E-state index is 0.0499. The first kappa shape index (κ1) is 21.0. The summed E-state index contributed by atoms with van der Waals surface area (Å²) in [5, 5.41) is 5.39. The lowest BCUT2D eigenvalue weighted by Crippen LogP contribution is -2.12. The summed E-state index contributed by atoms with van der Waals surface area (Å²) in [5.41, 5.74) is 8.37. The van der Waals surface area contributed by atoms with Crippen molar-refractivity contribution >= 4 is 33.4 Å². The van der Waals surface area contributed by atoms with Crippen LogP contribution in [0, 0.1) is 13.8 Å². The van der Waals surface area contributed by atoms with Crippen LogP contribution < -0.4 is 5.32 Å². The second-order valence-corrected chi connectivity index (χ2v) is 8.63.